The third kappa shape index (κ3) is 5.05. The highest BCUT2D eigenvalue weighted by molar-refractivity contribution is 8.00. The average Bonchev–Trinajstić information content (AvgIpc) is 3.15. The number of esters is 1. The summed E-state index contributed by atoms with van der Waals surface area (Å²) in [5.74, 6) is -4.80. The lowest BCUT2D eigenvalue weighted by molar-refractivity contribution is -0.140. The number of thioether (sulfide) groups is 1. The van der Waals surface area contributed by atoms with E-state index in [4.69, 9.17) is 5.73 Å². The number of ether oxygens (including phenoxy) is 1. The molecule has 5 aromatic rings. The van der Waals surface area contributed by atoms with E-state index in [1.165, 1.54) is 36.0 Å². The monoisotopic (exact) mass is 683 g/mol. The number of nitrogens with zero attached hydrogens (tertiary/aromatic N) is 2. The molecule has 0 aromatic heterocycles. The SMILES string of the molecule is COC(=O)CN1C(=O)c2ccc3c4c(ccc(c24)C1=O)C(=O)N([C@@H](CSC(c1ccccc1)(c1ccccc1)c1ccccc1)C(N)=O)C3=O. The minimum atomic E-state index is -1.37. The van der Waals surface area contributed by atoms with Gasteiger partial charge in [-0.2, -0.15) is 0 Å². The molecular weight excluding hydrogens is 655 g/mol. The molecule has 2 N–H and O–H groups in total. The van der Waals surface area contributed by atoms with E-state index in [2.05, 4.69) is 4.74 Å². The highest BCUT2D eigenvalue weighted by Gasteiger charge is 2.45. The van der Waals surface area contributed by atoms with Crippen LogP contribution in [0.2, 0.25) is 0 Å². The Morgan fingerprint density at radius 3 is 1.38 bits per heavy atom. The molecule has 0 fully saturated rings. The van der Waals surface area contributed by atoms with Crippen LogP contribution in [0.4, 0.5) is 0 Å². The Morgan fingerprint density at radius 2 is 1.02 bits per heavy atom. The van der Waals surface area contributed by atoms with E-state index >= 15 is 0 Å². The number of primary amides is 1. The number of hydrogen-bond donors (Lipinski definition) is 1. The topological polar surface area (TPSA) is 144 Å². The lowest BCUT2D eigenvalue weighted by Gasteiger charge is -2.38. The van der Waals surface area contributed by atoms with Gasteiger partial charge in [0, 0.05) is 38.8 Å². The zero-order valence-corrected chi connectivity index (χ0v) is 27.5. The summed E-state index contributed by atoms with van der Waals surface area (Å²) < 4.78 is 3.79. The van der Waals surface area contributed by atoms with Crippen LogP contribution in [0.5, 0.6) is 0 Å². The maximum Gasteiger partial charge on any atom is 0.325 e. The molecule has 50 heavy (non-hydrogen) atoms. The fourth-order valence-corrected chi connectivity index (χ4v) is 8.45. The van der Waals surface area contributed by atoms with Crippen molar-refractivity contribution in [3.05, 3.63) is 154 Å². The van der Waals surface area contributed by atoms with E-state index in [-0.39, 0.29) is 38.8 Å². The number of methoxy groups -OCH3 is 1. The Balaban J connectivity index is 1.31. The molecule has 5 amide bonds. The first kappa shape index (κ1) is 32.5. The summed E-state index contributed by atoms with van der Waals surface area (Å²) in [7, 11) is 1.15. The number of carbonyl (C=O) groups excluding carboxylic acids is 6. The molecule has 0 bridgehead atoms. The van der Waals surface area contributed by atoms with Crippen LogP contribution in [-0.4, -0.2) is 70.8 Å². The van der Waals surface area contributed by atoms with Gasteiger partial charge < -0.3 is 10.5 Å². The normalized spacial score (nSPS) is 14.6. The van der Waals surface area contributed by atoms with Crippen molar-refractivity contribution in [3.8, 4) is 0 Å². The average molecular weight is 684 g/mol. The van der Waals surface area contributed by atoms with Crippen LogP contribution in [0.15, 0.2) is 115 Å². The molecule has 0 saturated carbocycles. The third-order valence-electron chi connectivity index (χ3n) is 9.16. The molecule has 2 aliphatic heterocycles. The van der Waals surface area contributed by atoms with Crippen molar-refractivity contribution < 1.29 is 33.5 Å². The maximum atomic E-state index is 14.3. The largest absolute Gasteiger partial charge is 0.468 e. The van der Waals surface area contributed by atoms with Gasteiger partial charge in [-0.15, -0.1) is 11.8 Å². The summed E-state index contributed by atoms with van der Waals surface area (Å²) in [5, 5.41) is 0.271. The molecule has 0 unspecified atom stereocenters. The lowest BCUT2D eigenvalue weighted by atomic mass is 9.84. The van der Waals surface area contributed by atoms with Crippen LogP contribution < -0.4 is 5.73 Å². The second kappa shape index (κ2) is 12.8. The fourth-order valence-electron chi connectivity index (χ4n) is 6.82. The summed E-state index contributed by atoms with van der Waals surface area (Å²) in [6.45, 7) is -0.599. The van der Waals surface area contributed by atoms with Gasteiger partial charge in [0.2, 0.25) is 5.91 Å². The van der Waals surface area contributed by atoms with Crippen molar-refractivity contribution >= 4 is 58.0 Å². The molecule has 7 rings (SSSR count). The van der Waals surface area contributed by atoms with E-state index in [1.54, 1.807) is 0 Å². The van der Waals surface area contributed by atoms with E-state index in [9.17, 15) is 28.8 Å². The Bertz CT molecular complexity index is 2060. The first-order valence-corrected chi connectivity index (χ1v) is 16.7. The van der Waals surface area contributed by atoms with Gasteiger partial charge in [0.15, 0.2) is 0 Å². The van der Waals surface area contributed by atoms with Crippen molar-refractivity contribution in [2.45, 2.75) is 10.8 Å². The van der Waals surface area contributed by atoms with Crippen LogP contribution >= 0.6 is 11.8 Å². The summed E-state index contributed by atoms with van der Waals surface area (Å²) in [6.07, 6.45) is 0. The minimum Gasteiger partial charge on any atom is -0.468 e. The van der Waals surface area contributed by atoms with E-state index < -0.39 is 52.8 Å². The van der Waals surface area contributed by atoms with Crippen molar-refractivity contribution in [2.24, 2.45) is 5.73 Å². The van der Waals surface area contributed by atoms with E-state index in [1.807, 2.05) is 91.0 Å². The number of benzene rings is 5. The van der Waals surface area contributed by atoms with Gasteiger partial charge in [-0.1, -0.05) is 91.0 Å². The smallest absolute Gasteiger partial charge is 0.325 e. The number of hydrogen-bond acceptors (Lipinski definition) is 8. The fraction of sp³-hybridized carbons (Fsp3) is 0.128. The van der Waals surface area contributed by atoms with Crippen LogP contribution in [0.1, 0.15) is 58.1 Å². The molecule has 11 heteroatoms. The highest BCUT2D eigenvalue weighted by Crippen LogP contribution is 2.49. The van der Waals surface area contributed by atoms with E-state index in [0.29, 0.717) is 0 Å². The molecule has 1 atom stereocenters. The Kier molecular flexibility index (Phi) is 8.28. The van der Waals surface area contributed by atoms with Crippen molar-refractivity contribution in [2.75, 3.05) is 19.4 Å². The second-order valence-corrected chi connectivity index (χ2v) is 13.1. The summed E-state index contributed by atoms with van der Waals surface area (Å²) >= 11 is 1.38. The number of amides is 5. The summed E-state index contributed by atoms with van der Waals surface area (Å²) in [6, 6.07) is 33.5. The predicted molar refractivity (Wildman–Crippen MR) is 186 cm³/mol. The number of nitrogens with two attached hydrogens (primary N) is 1. The molecule has 2 aliphatic rings. The van der Waals surface area contributed by atoms with Gasteiger partial charge in [-0.3, -0.25) is 38.6 Å². The zero-order chi connectivity index (χ0) is 35.2. The first-order valence-electron chi connectivity index (χ1n) is 15.7. The Labute approximate surface area is 290 Å². The number of imide groups is 2. The van der Waals surface area contributed by atoms with Gasteiger partial charge in [0.1, 0.15) is 12.6 Å². The first-order chi connectivity index (χ1) is 24.2. The predicted octanol–water partition coefficient (Wildman–Crippen LogP) is 4.78. The van der Waals surface area contributed by atoms with Gasteiger partial charge in [0.05, 0.1) is 11.9 Å². The third-order valence-corrected chi connectivity index (χ3v) is 10.8. The summed E-state index contributed by atoms with van der Waals surface area (Å²) in [4.78, 5) is 82.3. The molecule has 0 saturated heterocycles. The molecule has 0 aliphatic carbocycles. The molecule has 2 heterocycles. The van der Waals surface area contributed by atoms with Crippen molar-refractivity contribution in [1.82, 2.24) is 9.80 Å². The summed E-state index contributed by atoms with van der Waals surface area (Å²) in [5.41, 5.74) is 8.95. The zero-order valence-electron chi connectivity index (χ0n) is 26.7. The van der Waals surface area contributed by atoms with Gasteiger partial charge >= 0.3 is 5.97 Å². The Hall–Kier alpha value is -6.07. The van der Waals surface area contributed by atoms with Crippen LogP contribution in [0, 0.1) is 0 Å². The van der Waals surface area contributed by atoms with Crippen molar-refractivity contribution in [1.29, 1.82) is 0 Å². The maximum absolute atomic E-state index is 14.3. The van der Waals surface area contributed by atoms with E-state index in [0.717, 1.165) is 33.6 Å². The Morgan fingerprint density at radius 1 is 0.640 bits per heavy atom. The molecule has 5 aromatic carbocycles. The highest BCUT2D eigenvalue weighted by atomic mass is 32.2. The van der Waals surface area contributed by atoms with Crippen molar-refractivity contribution in [3.63, 3.8) is 0 Å². The van der Waals surface area contributed by atoms with Gasteiger partial charge in [0.25, 0.3) is 23.6 Å². The number of rotatable bonds is 10. The molecule has 10 nitrogen and oxygen atoms in total. The quantitative estimate of drug-likeness (QED) is 0.126. The molecule has 0 radical (unpaired) electrons. The number of carbonyl (C=O) groups is 6. The van der Waals surface area contributed by atoms with Crippen LogP contribution in [0.3, 0.4) is 0 Å². The lowest BCUT2D eigenvalue weighted by Crippen LogP contribution is -2.54. The standard InChI is InChI=1S/C39H29N3O7S/c1-49-31(43)21-41-35(45)26-17-19-28-33-29(20-18-27(32(26)33)36(41)46)38(48)42(37(28)47)30(34(40)44)22-50-39(23-11-5-2-6-12-23,24-13-7-3-8-14-24)25-15-9-4-10-16-25/h2-20,30H,21-22H2,1H3,(H2,40,44)/t30-/m0/s1. The van der Waals surface area contributed by atoms with Gasteiger partial charge in [-0.05, 0) is 41.0 Å². The molecule has 248 valence electrons. The van der Waals surface area contributed by atoms with Crippen LogP contribution in [0.25, 0.3) is 10.8 Å². The molecular formula is C39H29N3O7S. The minimum absolute atomic E-state index is 0.0407. The van der Waals surface area contributed by atoms with Crippen LogP contribution in [-0.2, 0) is 19.1 Å². The molecule has 0 spiro atoms. The van der Waals surface area contributed by atoms with Gasteiger partial charge in [-0.25, -0.2) is 0 Å². The second-order valence-electron chi connectivity index (χ2n) is 11.8.